The molecule has 3 nitrogen and oxygen atoms in total. The highest BCUT2D eigenvalue weighted by molar-refractivity contribution is 9.10. The number of anilines is 2. The molecule has 0 aliphatic heterocycles. The van der Waals surface area contributed by atoms with Gasteiger partial charge in [-0.25, -0.2) is 0 Å². The van der Waals surface area contributed by atoms with Crippen LogP contribution < -0.4 is 15.4 Å². The predicted molar refractivity (Wildman–Crippen MR) is 83.7 cm³/mol. The lowest BCUT2D eigenvalue weighted by Crippen LogP contribution is -2.09. The molecule has 2 aromatic carbocycles. The van der Waals surface area contributed by atoms with Crippen LogP contribution in [0.3, 0.4) is 0 Å². The molecular weight excluding hydrogens is 304 g/mol. The molecule has 4 heteroatoms. The number of rotatable bonds is 4. The van der Waals surface area contributed by atoms with Gasteiger partial charge in [0.05, 0.1) is 5.69 Å². The molecule has 100 valence electrons. The van der Waals surface area contributed by atoms with E-state index in [1.807, 2.05) is 61.5 Å². The fourth-order valence-corrected chi connectivity index (χ4v) is 2.16. The van der Waals surface area contributed by atoms with Crippen LogP contribution in [-0.2, 0) is 6.61 Å². The van der Waals surface area contributed by atoms with Crippen molar-refractivity contribution in [3.63, 3.8) is 0 Å². The van der Waals surface area contributed by atoms with E-state index in [0.29, 0.717) is 18.0 Å². The summed E-state index contributed by atoms with van der Waals surface area (Å²) in [6.07, 6.45) is 0. The first-order valence-corrected chi connectivity index (χ1v) is 6.79. The summed E-state index contributed by atoms with van der Waals surface area (Å²) >= 11 is 3.45. The SMILES string of the molecule is CN(C)c1ccc(N)c(OCc2cccc(Br)c2)c1. The first kappa shape index (κ1) is 13.7. The standard InChI is InChI=1S/C15H17BrN2O/c1-18(2)13-6-7-14(17)15(9-13)19-10-11-4-3-5-12(16)8-11/h3-9H,10,17H2,1-2H3. The van der Waals surface area contributed by atoms with E-state index in [1.54, 1.807) is 0 Å². The van der Waals surface area contributed by atoms with E-state index in [2.05, 4.69) is 15.9 Å². The Labute approximate surface area is 122 Å². The van der Waals surface area contributed by atoms with Gasteiger partial charge in [0.25, 0.3) is 0 Å². The van der Waals surface area contributed by atoms with Crippen molar-refractivity contribution in [2.24, 2.45) is 0 Å². The topological polar surface area (TPSA) is 38.5 Å². The lowest BCUT2D eigenvalue weighted by molar-refractivity contribution is 0.308. The highest BCUT2D eigenvalue weighted by atomic mass is 79.9. The predicted octanol–water partition coefficient (Wildman–Crippen LogP) is 3.68. The summed E-state index contributed by atoms with van der Waals surface area (Å²) in [5.41, 5.74) is 8.75. The van der Waals surface area contributed by atoms with Crippen LogP contribution in [0.2, 0.25) is 0 Å². The van der Waals surface area contributed by atoms with E-state index < -0.39 is 0 Å². The number of nitrogen functional groups attached to an aromatic ring is 1. The van der Waals surface area contributed by atoms with Crippen molar-refractivity contribution in [3.05, 3.63) is 52.5 Å². The zero-order valence-corrected chi connectivity index (χ0v) is 12.6. The molecule has 0 fully saturated rings. The first-order chi connectivity index (χ1) is 9.06. The van der Waals surface area contributed by atoms with Crippen molar-refractivity contribution in [1.82, 2.24) is 0 Å². The molecule has 2 N–H and O–H groups in total. The normalized spacial score (nSPS) is 10.3. The second kappa shape index (κ2) is 5.97. The van der Waals surface area contributed by atoms with Crippen LogP contribution in [0.25, 0.3) is 0 Å². The van der Waals surface area contributed by atoms with Crippen molar-refractivity contribution < 1.29 is 4.74 Å². The van der Waals surface area contributed by atoms with Crippen molar-refractivity contribution in [1.29, 1.82) is 0 Å². The Bertz CT molecular complexity index is 570. The Hall–Kier alpha value is -1.68. The molecule has 19 heavy (non-hydrogen) atoms. The molecule has 0 amide bonds. The van der Waals surface area contributed by atoms with Gasteiger partial charge in [-0.1, -0.05) is 28.1 Å². The number of benzene rings is 2. The molecule has 0 saturated heterocycles. The van der Waals surface area contributed by atoms with Crippen molar-refractivity contribution >= 4 is 27.3 Å². The maximum atomic E-state index is 5.93. The molecule has 2 aromatic rings. The molecule has 0 aliphatic rings. The molecular formula is C15H17BrN2O. The van der Waals surface area contributed by atoms with Crippen LogP contribution >= 0.6 is 15.9 Å². The van der Waals surface area contributed by atoms with Crippen molar-refractivity contribution in [2.45, 2.75) is 6.61 Å². The molecule has 0 radical (unpaired) electrons. The van der Waals surface area contributed by atoms with Gasteiger partial charge >= 0.3 is 0 Å². The first-order valence-electron chi connectivity index (χ1n) is 6.00. The van der Waals surface area contributed by atoms with Crippen LogP contribution in [0.5, 0.6) is 5.75 Å². The summed E-state index contributed by atoms with van der Waals surface area (Å²) in [6.45, 7) is 0.501. The maximum Gasteiger partial charge on any atom is 0.144 e. The summed E-state index contributed by atoms with van der Waals surface area (Å²) in [5.74, 6) is 0.714. The third-order valence-electron chi connectivity index (χ3n) is 2.80. The molecule has 0 aromatic heterocycles. The number of nitrogens with zero attached hydrogens (tertiary/aromatic N) is 1. The molecule has 0 aliphatic carbocycles. The van der Waals surface area contributed by atoms with E-state index in [9.17, 15) is 0 Å². The van der Waals surface area contributed by atoms with Gasteiger partial charge in [0.15, 0.2) is 0 Å². The largest absolute Gasteiger partial charge is 0.487 e. The van der Waals surface area contributed by atoms with Gasteiger partial charge in [-0.15, -0.1) is 0 Å². The summed E-state index contributed by atoms with van der Waals surface area (Å²) in [4.78, 5) is 2.02. The number of ether oxygens (including phenoxy) is 1. The molecule has 0 unspecified atom stereocenters. The van der Waals surface area contributed by atoms with Gasteiger partial charge in [-0.05, 0) is 29.8 Å². The van der Waals surface area contributed by atoms with E-state index in [1.165, 1.54) is 0 Å². The third kappa shape index (κ3) is 3.64. The Kier molecular flexibility index (Phi) is 4.32. The number of nitrogens with two attached hydrogens (primary N) is 1. The number of hydrogen-bond acceptors (Lipinski definition) is 3. The smallest absolute Gasteiger partial charge is 0.144 e. The van der Waals surface area contributed by atoms with E-state index in [-0.39, 0.29) is 0 Å². The summed E-state index contributed by atoms with van der Waals surface area (Å²) in [6, 6.07) is 13.8. The second-order valence-corrected chi connectivity index (χ2v) is 5.45. The van der Waals surface area contributed by atoms with Gasteiger partial charge < -0.3 is 15.4 Å². The number of hydrogen-bond donors (Lipinski definition) is 1. The third-order valence-corrected chi connectivity index (χ3v) is 3.29. The van der Waals surface area contributed by atoms with Gasteiger partial charge in [-0.2, -0.15) is 0 Å². The molecule has 0 spiro atoms. The lowest BCUT2D eigenvalue weighted by atomic mass is 10.2. The van der Waals surface area contributed by atoms with Crippen molar-refractivity contribution in [2.75, 3.05) is 24.7 Å². The highest BCUT2D eigenvalue weighted by Crippen LogP contribution is 2.27. The fraction of sp³-hybridized carbons (Fsp3) is 0.200. The van der Waals surface area contributed by atoms with Gasteiger partial charge in [0.2, 0.25) is 0 Å². The van der Waals surface area contributed by atoms with Gasteiger partial charge in [0, 0.05) is 30.3 Å². The Morgan fingerprint density at radius 1 is 1.16 bits per heavy atom. The average Bonchev–Trinajstić information content (AvgIpc) is 2.37. The van der Waals surface area contributed by atoms with Gasteiger partial charge in [0.1, 0.15) is 12.4 Å². The van der Waals surface area contributed by atoms with Gasteiger partial charge in [-0.3, -0.25) is 0 Å². The Balaban J connectivity index is 2.12. The molecule has 0 heterocycles. The minimum atomic E-state index is 0.501. The average molecular weight is 321 g/mol. The monoisotopic (exact) mass is 320 g/mol. The van der Waals surface area contributed by atoms with Crippen LogP contribution in [0, 0.1) is 0 Å². The second-order valence-electron chi connectivity index (χ2n) is 4.54. The fourth-order valence-electron chi connectivity index (χ4n) is 1.71. The zero-order valence-electron chi connectivity index (χ0n) is 11.1. The molecule has 0 saturated carbocycles. The molecule has 0 bridgehead atoms. The summed E-state index contributed by atoms with van der Waals surface area (Å²) in [7, 11) is 3.98. The minimum Gasteiger partial charge on any atom is -0.487 e. The van der Waals surface area contributed by atoms with Crippen LogP contribution in [0.15, 0.2) is 46.9 Å². The van der Waals surface area contributed by atoms with Crippen LogP contribution in [0.4, 0.5) is 11.4 Å². The maximum absolute atomic E-state index is 5.93. The lowest BCUT2D eigenvalue weighted by Gasteiger charge is -2.15. The zero-order chi connectivity index (χ0) is 13.8. The molecule has 0 atom stereocenters. The Morgan fingerprint density at radius 2 is 1.95 bits per heavy atom. The molecule has 2 rings (SSSR count). The quantitative estimate of drug-likeness (QED) is 0.873. The highest BCUT2D eigenvalue weighted by Gasteiger charge is 2.04. The van der Waals surface area contributed by atoms with Crippen molar-refractivity contribution in [3.8, 4) is 5.75 Å². The van der Waals surface area contributed by atoms with E-state index >= 15 is 0 Å². The van der Waals surface area contributed by atoms with Crippen LogP contribution in [0.1, 0.15) is 5.56 Å². The summed E-state index contributed by atoms with van der Waals surface area (Å²) in [5, 5.41) is 0. The summed E-state index contributed by atoms with van der Waals surface area (Å²) < 4.78 is 6.84. The number of halogens is 1. The Morgan fingerprint density at radius 3 is 2.63 bits per heavy atom. The van der Waals surface area contributed by atoms with E-state index in [0.717, 1.165) is 15.7 Å². The minimum absolute atomic E-state index is 0.501. The van der Waals surface area contributed by atoms with Crippen LogP contribution in [-0.4, -0.2) is 14.1 Å². The van der Waals surface area contributed by atoms with E-state index in [4.69, 9.17) is 10.5 Å².